The minimum Gasteiger partial charge on any atom is -0.508 e. The maximum absolute atomic E-state index is 13.6. The van der Waals surface area contributed by atoms with E-state index in [-0.39, 0.29) is 35.9 Å². The molecule has 3 heterocycles. The predicted octanol–water partition coefficient (Wildman–Crippen LogP) is 1.95. The average Bonchev–Trinajstić information content (AvgIpc) is 3.59. The molecule has 0 aliphatic carbocycles. The molecule has 0 saturated carbocycles. The number of amides is 1. The molecule has 5 atom stereocenters. The summed E-state index contributed by atoms with van der Waals surface area (Å²) in [5.74, 6) is -0.147. The Bertz CT molecular complexity index is 1240. The zero-order valence-electron chi connectivity index (χ0n) is 22.5. The van der Waals surface area contributed by atoms with Gasteiger partial charge in [-0.25, -0.2) is 13.2 Å². The van der Waals surface area contributed by atoms with Crippen molar-refractivity contribution < 1.29 is 47.2 Å². The van der Waals surface area contributed by atoms with E-state index in [1.807, 2.05) is 30.3 Å². The van der Waals surface area contributed by atoms with Gasteiger partial charge in [0, 0.05) is 13.2 Å². The molecule has 3 saturated heterocycles. The summed E-state index contributed by atoms with van der Waals surface area (Å²) in [7, 11) is -4.25. The number of rotatable bonds is 11. The van der Waals surface area contributed by atoms with Gasteiger partial charge in [-0.05, 0) is 55.5 Å². The molecule has 1 amide bonds. The monoisotopic (exact) mass is 592 g/mol. The van der Waals surface area contributed by atoms with Crippen LogP contribution in [0.25, 0.3) is 0 Å². The second-order valence-corrected chi connectivity index (χ2v) is 12.2. The lowest BCUT2D eigenvalue weighted by Crippen LogP contribution is -2.52. The van der Waals surface area contributed by atoms with E-state index in [0.29, 0.717) is 39.1 Å². The summed E-state index contributed by atoms with van der Waals surface area (Å²) in [4.78, 5) is 18.8. The van der Waals surface area contributed by atoms with Gasteiger partial charge < -0.3 is 34.5 Å². The Balaban J connectivity index is 1.34. The number of phenolic OH excluding ortho intramolecular Hbond substituents is 1. The maximum atomic E-state index is 13.6. The number of aliphatic hydroxyl groups excluding tert-OH is 1. The van der Waals surface area contributed by atoms with Crippen LogP contribution in [-0.4, -0.2) is 92.8 Å². The van der Waals surface area contributed by atoms with Crippen molar-refractivity contribution in [3.05, 3.63) is 60.2 Å². The topological polar surface area (TPSA) is 153 Å². The SMILES string of the molecule is O=C(N[C@@H](Cc1ccccc1)[C@H](O)CN(OC1CCOCC1)S(=O)(=O)c1ccc(O)cc1)O[C@H]1CO[C@H]2OCC[C@H]21. The Kier molecular flexibility index (Phi) is 9.75. The minimum atomic E-state index is -4.25. The molecule has 2 aromatic carbocycles. The van der Waals surface area contributed by atoms with Crippen LogP contribution in [0, 0.1) is 5.92 Å². The molecular formula is C28H36N2O10S. The molecule has 0 bridgehead atoms. The van der Waals surface area contributed by atoms with Crippen molar-refractivity contribution in [3.8, 4) is 5.75 Å². The Hall–Kier alpha value is -2.78. The third-order valence-electron chi connectivity index (χ3n) is 7.48. The van der Waals surface area contributed by atoms with Crippen molar-refractivity contribution in [1.82, 2.24) is 9.79 Å². The Labute approximate surface area is 239 Å². The molecule has 41 heavy (non-hydrogen) atoms. The molecule has 0 aromatic heterocycles. The molecule has 224 valence electrons. The molecule has 5 rings (SSSR count). The first-order valence-corrected chi connectivity index (χ1v) is 15.2. The van der Waals surface area contributed by atoms with E-state index in [1.165, 1.54) is 24.3 Å². The van der Waals surface area contributed by atoms with Crippen LogP contribution in [0.3, 0.4) is 0 Å². The number of hydrogen-bond acceptors (Lipinski definition) is 10. The molecule has 12 nitrogen and oxygen atoms in total. The van der Waals surface area contributed by atoms with Gasteiger partial charge in [0.25, 0.3) is 10.0 Å². The first kappa shape index (κ1) is 29.7. The molecule has 3 aliphatic heterocycles. The summed E-state index contributed by atoms with van der Waals surface area (Å²) >= 11 is 0. The van der Waals surface area contributed by atoms with Crippen LogP contribution in [0.15, 0.2) is 59.5 Å². The molecule has 3 N–H and O–H groups in total. The molecule has 3 fully saturated rings. The second-order valence-electron chi connectivity index (χ2n) is 10.4. The van der Waals surface area contributed by atoms with Crippen molar-refractivity contribution >= 4 is 16.1 Å². The number of alkyl carbamates (subject to hydrolysis) is 1. The average molecular weight is 593 g/mol. The largest absolute Gasteiger partial charge is 0.508 e. The van der Waals surface area contributed by atoms with Crippen molar-refractivity contribution in [2.75, 3.05) is 33.0 Å². The molecule has 13 heteroatoms. The number of hydrogen-bond donors (Lipinski definition) is 3. The highest BCUT2D eigenvalue weighted by Crippen LogP contribution is 2.33. The van der Waals surface area contributed by atoms with Crippen molar-refractivity contribution in [3.63, 3.8) is 0 Å². The lowest BCUT2D eigenvalue weighted by molar-refractivity contribution is -0.170. The fourth-order valence-corrected chi connectivity index (χ4v) is 6.48. The number of nitrogens with one attached hydrogen (secondary N) is 1. The zero-order chi connectivity index (χ0) is 28.8. The summed E-state index contributed by atoms with van der Waals surface area (Å²) in [6.07, 6.45) is -1.57. The number of sulfonamides is 1. The van der Waals surface area contributed by atoms with Gasteiger partial charge >= 0.3 is 6.09 Å². The smallest absolute Gasteiger partial charge is 0.407 e. The van der Waals surface area contributed by atoms with Crippen LogP contribution >= 0.6 is 0 Å². The van der Waals surface area contributed by atoms with Gasteiger partial charge in [0.05, 0.1) is 48.8 Å². The number of benzene rings is 2. The molecule has 0 unspecified atom stereocenters. The highest BCUT2D eigenvalue weighted by Gasteiger charge is 2.44. The molecule has 2 aromatic rings. The van der Waals surface area contributed by atoms with Crippen molar-refractivity contribution in [2.45, 2.75) is 61.2 Å². The van der Waals surface area contributed by atoms with Gasteiger partial charge in [0.15, 0.2) is 6.29 Å². The number of phenols is 1. The minimum absolute atomic E-state index is 0.0583. The number of aliphatic hydroxyl groups is 1. The predicted molar refractivity (Wildman–Crippen MR) is 144 cm³/mol. The highest BCUT2D eigenvalue weighted by atomic mass is 32.2. The molecule has 0 radical (unpaired) electrons. The first-order valence-electron chi connectivity index (χ1n) is 13.8. The van der Waals surface area contributed by atoms with E-state index in [0.717, 1.165) is 10.0 Å². The summed E-state index contributed by atoms with van der Waals surface area (Å²) in [6, 6.07) is 13.4. The summed E-state index contributed by atoms with van der Waals surface area (Å²) < 4.78 is 50.1. The summed E-state index contributed by atoms with van der Waals surface area (Å²) in [5.41, 5.74) is 0.823. The van der Waals surface area contributed by atoms with Crippen LogP contribution in [0.1, 0.15) is 24.8 Å². The molecular weight excluding hydrogens is 556 g/mol. The Morgan fingerprint density at radius 1 is 1.02 bits per heavy atom. The fourth-order valence-electron chi connectivity index (χ4n) is 5.18. The van der Waals surface area contributed by atoms with Gasteiger partial charge in [-0.1, -0.05) is 34.8 Å². The summed E-state index contributed by atoms with van der Waals surface area (Å²) in [6.45, 7) is 1.12. The van der Waals surface area contributed by atoms with Crippen LogP contribution in [0.2, 0.25) is 0 Å². The maximum Gasteiger partial charge on any atom is 0.407 e. The van der Waals surface area contributed by atoms with Gasteiger partial charge in [-0.2, -0.15) is 0 Å². The normalized spacial score (nSPS) is 24.6. The lowest BCUT2D eigenvalue weighted by Gasteiger charge is -2.32. The highest BCUT2D eigenvalue weighted by molar-refractivity contribution is 7.89. The number of aromatic hydroxyl groups is 1. The van der Waals surface area contributed by atoms with Gasteiger partial charge in [-0.3, -0.25) is 4.84 Å². The van der Waals surface area contributed by atoms with E-state index >= 15 is 0 Å². The van der Waals surface area contributed by atoms with E-state index in [1.54, 1.807) is 0 Å². The molecule has 0 spiro atoms. The standard InChI is InChI=1S/C28H36N2O10S/c31-20-6-8-22(9-7-20)41(34,35)30(40-21-10-13-36-14-11-21)17-25(32)24(16-19-4-2-1-3-5-19)29-28(33)39-26-18-38-27-23(26)12-15-37-27/h1-9,21,23-27,31-32H,10-18H2,(H,29,33)/t23-,24-,25+,26-,27+/m0/s1. The quantitative estimate of drug-likeness (QED) is 0.330. The number of ether oxygens (including phenoxy) is 4. The first-order chi connectivity index (χ1) is 19.8. The zero-order valence-corrected chi connectivity index (χ0v) is 23.4. The number of carbonyl (C=O) groups excluding carboxylic acids is 1. The third-order valence-corrected chi connectivity index (χ3v) is 9.12. The number of carbonyl (C=O) groups is 1. The van der Waals surface area contributed by atoms with Crippen LogP contribution < -0.4 is 5.32 Å². The van der Waals surface area contributed by atoms with Gasteiger partial charge in [0.2, 0.25) is 0 Å². The van der Waals surface area contributed by atoms with E-state index in [4.69, 9.17) is 23.8 Å². The van der Waals surface area contributed by atoms with Gasteiger partial charge in [0.1, 0.15) is 11.9 Å². The summed E-state index contributed by atoms with van der Waals surface area (Å²) in [5, 5.41) is 23.8. The Morgan fingerprint density at radius 3 is 2.49 bits per heavy atom. The second kappa shape index (κ2) is 13.5. The van der Waals surface area contributed by atoms with Crippen molar-refractivity contribution in [2.24, 2.45) is 5.92 Å². The Morgan fingerprint density at radius 2 is 1.76 bits per heavy atom. The van der Waals surface area contributed by atoms with E-state index in [2.05, 4.69) is 5.32 Å². The van der Waals surface area contributed by atoms with Crippen LogP contribution in [0.5, 0.6) is 5.75 Å². The number of fused-ring (bicyclic) bond motifs is 1. The van der Waals surface area contributed by atoms with Crippen LogP contribution in [0.4, 0.5) is 4.79 Å². The number of hydroxylamine groups is 1. The van der Waals surface area contributed by atoms with Gasteiger partial charge in [-0.15, -0.1) is 0 Å². The number of nitrogens with zero attached hydrogens (tertiary/aromatic N) is 1. The van der Waals surface area contributed by atoms with Crippen molar-refractivity contribution in [1.29, 1.82) is 0 Å². The molecule has 3 aliphatic rings. The fraction of sp³-hybridized carbons (Fsp3) is 0.536. The van der Waals surface area contributed by atoms with Crippen LogP contribution in [-0.2, 0) is 40.2 Å². The third kappa shape index (κ3) is 7.55. The van der Waals surface area contributed by atoms with E-state index in [9.17, 15) is 23.4 Å². The lowest BCUT2D eigenvalue weighted by atomic mass is 10.0. The van der Waals surface area contributed by atoms with E-state index < -0.39 is 47.0 Å².